The minimum Gasteiger partial charge on any atom is -0.481 e. The molecule has 0 radical (unpaired) electrons. The molecule has 5 nitrogen and oxygen atoms in total. The van der Waals surface area contributed by atoms with Crippen LogP contribution in [0.1, 0.15) is 24.0 Å². The van der Waals surface area contributed by atoms with Crippen LogP contribution in [0, 0.1) is 0 Å². The van der Waals surface area contributed by atoms with E-state index < -0.39 is 18.0 Å². The van der Waals surface area contributed by atoms with Crippen molar-refractivity contribution in [2.75, 3.05) is 11.5 Å². The first-order valence-corrected chi connectivity index (χ1v) is 9.62. The molecule has 30 heavy (non-hydrogen) atoms. The third kappa shape index (κ3) is 5.35. The molecule has 3 rings (SSSR count). The zero-order valence-electron chi connectivity index (χ0n) is 16.6. The Morgan fingerprint density at radius 2 is 1.53 bits per heavy atom. The predicted molar refractivity (Wildman–Crippen MR) is 118 cm³/mol. The van der Waals surface area contributed by atoms with Gasteiger partial charge in [0.1, 0.15) is 6.61 Å². The molecule has 1 amide bonds. The van der Waals surface area contributed by atoms with Crippen LogP contribution < -0.4 is 4.90 Å². The van der Waals surface area contributed by atoms with Gasteiger partial charge in [-0.3, -0.25) is 4.79 Å². The summed E-state index contributed by atoms with van der Waals surface area (Å²) in [5.74, 6) is -1.45. The Balaban J connectivity index is 1.68. The summed E-state index contributed by atoms with van der Waals surface area (Å²) in [5.41, 5.74) is 3.00. The normalized spacial score (nSPS) is 11.8. The summed E-state index contributed by atoms with van der Waals surface area (Å²) < 4.78 is 5.46. The van der Waals surface area contributed by atoms with Crippen LogP contribution in [0.15, 0.2) is 91.0 Å². The van der Waals surface area contributed by atoms with Gasteiger partial charge in [0, 0.05) is 0 Å². The number of aliphatic carboxylic acids is 1. The number of carboxylic acids is 1. The Kier molecular flexibility index (Phi) is 7.00. The lowest BCUT2D eigenvalue weighted by Crippen LogP contribution is -2.26. The largest absolute Gasteiger partial charge is 0.481 e. The summed E-state index contributed by atoms with van der Waals surface area (Å²) in [6, 6.07) is 25.9. The van der Waals surface area contributed by atoms with Gasteiger partial charge in [-0.15, -0.1) is 0 Å². The van der Waals surface area contributed by atoms with E-state index in [1.165, 1.54) is 4.90 Å². The van der Waals surface area contributed by atoms with Gasteiger partial charge in [0.15, 0.2) is 0 Å². The number of carbonyl (C=O) groups excluding carboxylic acids is 1. The maximum absolute atomic E-state index is 12.8. The van der Waals surface area contributed by atoms with Crippen molar-refractivity contribution >= 4 is 29.5 Å². The van der Waals surface area contributed by atoms with Crippen LogP contribution in [0.4, 0.5) is 16.2 Å². The van der Waals surface area contributed by atoms with Gasteiger partial charge in [0.2, 0.25) is 0 Å². The van der Waals surface area contributed by atoms with E-state index in [1.54, 1.807) is 25.1 Å². The summed E-state index contributed by atoms with van der Waals surface area (Å²) in [6.07, 6.45) is 3.06. The van der Waals surface area contributed by atoms with Crippen molar-refractivity contribution in [1.82, 2.24) is 0 Å². The molecule has 1 unspecified atom stereocenters. The van der Waals surface area contributed by atoms with Gasteiger partial charge in [-0.25, -0.2) is 9.69 Å². The van der Waals surface area contributed by atoms with Crippen molar-refractivity contribution in [3.63, 3.8) is 0 Å². The Hall–Kier alpha value is -3.86. The van der Waals surface area contributed by atoms with Crippen molar-refractivity contribution in [2.24, 2.45) is 0 Å². The fraction of sp³-hybridized carbons (Fsp3) is 0.120. The topological polar surface area (TPSA) is 66.8 Å². The lowest BCUT2D eigenvalue weighted by atomic mass is 9.99. The van der Waals surface area contributed by atoms with Crippen LogP contribution in [-0.4, -0.2) is 23.8 Å². The van der Waals surface area contributed by atoms with Gasteiger partial charge >= 0.3 is 12.1 Å². The third-order valence-electron chi connectivity index (χ3n) is 4.61. The molecule has 0 aliphatic rings. The number of rotatable bonds is 7. The number of anilines is 2. The van der Waals surface area contributed by atoms with Crippen LogP contribution in [0.3, 0.4) is 0 Å². The molecule has 0 aromatic heterocycles. The van der Waals surface area contributed by atoms with Gasteiger partial charge in [0.25, 0.3) is 0 Å². The summed E-state index contributed by atoms with van der Waals surface area (Å²) in [4.78, 5) is 25.5. The predicted octanol–water partition coefficient (Wildman–Crippen LogP) is 5.86. The van der Waals surface area contributed by atoms with Gasteiger partial charge in [-0.1, -0.05) is 66.7 Å². The highest BCUT2D eigenvalue weighted by atomic mass is 16.6. The Morgan fingerprint density at radius 1 is 0.933 bits per heavy atom. The van der Waals surface area contributed by atoms with Crippen LogP contribution in [-0.2, 0) is 9.53 Å². The van der Waals surface area contributed by atoms with Crippen molar-refractivity contribution in [2.45, 2.75) is 12.8 Å². The second-order valence-corrected chi connectivity index (χ2v) is 6.72. The molecule has 0 saturated carbocycles. The molecule has 0 bridgehead atoms. The molecule has 0 fully saturated rings. The van der Waals surface area contributed by atoms with Crippen LogP contribution in [0.25, 0.3) is 6.08 Å². The third-order valence-corrected chi connectivity index (χ3v) is 4.61. The Morgan fingerprint density at radius 3 is 2.10 bits per heavy atom. The number of amides is 1. The average molecular weight is 401 g/mol. The first-order valence-electron chi connectivity index (χ1n) is 9.62. The van der Waals surface area contributed by atoms with E-state index in [4.69, 9.17) is 9.84 Å². The molecule has 0 aliphatic carbocycles. The van der Waals surface area contributed by atoms with Gasteiger partial charge in [-0.2, -0.15) is 0 Å². The fourth-order valence-corrected chi connectivity index (χ4v) is 2.96. The van der Waals surface area contributed by atoms with E-state index in [1.807, 2.05) is 78.9 Å². The maximum Gasteiger partial charge on any atom is 0.419 e. The summed E-state index contributed by atoms with van der Waals surface area (Å²) >= 11 is 0. The summed E-state index contributed by atoms with van der Waals surface area (Å²) in [5, 5.41) is 9.16. The van der Waals surface area contributed by atoms with E-state index in [-0.39, 0.29) is 6.61 Å². The molecule has 0 heterocycles. The van der Waals surface area contributed by atoms with Crippen LogP contribution >= 0.6 is 0 Å². The van der Waals surface area contributed by atoms with Gasteiger partial charge in [-0.05, 0) is 48.4 Å². The van der Waals surface area contributed by atoms with Crippen molar-refractivity contribution in [3.8, 4) is 0 Å². The molecule has 1 N–H and O–H groups in total. The van der Waals surface area contributed by atoms with Crippen LogP contribution in [0.2, 0.25) is 0 Å². The molecule has 152 valence electrons. The molecule has 3 aromatic rings. The molecule has 1 atom stereocenters. The minimum absolute atomic E-state index is 0.0910. The standard InChI is InChI=1S/C25H23NO4/c1-19(24(27)28)21-12-8-10-20(18-21)11-9-17-30-25(29)26(22-13-4-2-5-14-22)23-15-6-3-7-16-23/h2-16,18-19H,17H2,1H3,(H,27,28)/b11-9-. The quantitative estimate of drug-likeness (QED) is 0.538. The van der Waals surface area contributed by atoms with Crippen molar-refractivity contribution in [1.29, 1.82) is 0 Å². The lowest BCUT2D eigenvalue weighted by Gasteiger charge is -2.22. The highest BCUT2D eigenvalue weighted by Gasteiger charge is 2.18. The first-order chi connectivity index (χ1) is 14.6. The van der Waals surface area contributed by atoms with Gasteiger partial charge in [0.05, 0.1) is 17.3 Å². The van der Waals surface area contributed by atoms with E-state index in [2.05, 4.69) is 0 Å². The van der Waals surface area contributed by atoms with E-state index in [0.717, 1.165) is 11.1 Å². The zero-order valence-corrected chi connectivity index (χ0v) is 16.6. The second-order valence-electron chi connectivity index (χ2n) is 6.72. The minimum atomic E-state index is -0.869. The molecule has 5 heteroatoms. The molecule has 0 spiro atoms. The summed E-state index contributed by atoms with van der Waals surface area (Å²) in [7, 11) is 0. The lowest BCUT2D eigenvalue weighted by molar-refractivity contribution is -0.138. The average Bonchev–Trinajstić information content (AvgIpc) is 2.78. The molecular formula is C25H23NO4. The number of carbonyl (C=O) groups is 2. The van der Waals surface area contributed by atoms with Crippen LogP contribution in [0.5, 0.6) is 0 Å². The Labute approximate surface area is 175 Å². The number of hydrogen-bond acceptors (Lipinski definition) is 3. The summed E-state index contributed by atoms with van der Waals surface area (Å²) in [6.45, 7) is 1.74. The van der Waals surface area contributed by atoms with E-state index in [9.17, 15) is 9.59 Å². The molecule has 3 aromatic carbocycles. The van der Waals surface area contributed by atoms with Gasteiger partial charge < -0.3 is 9.84 Å². The van der Waals surface area contributed by atoms with Crippen molar-refractivity contribution in [3.05, 3.63) is 102 Å². The monoisotopic (exact) mass is 401 g/mol. The first kappa shape index (κ1) is 20.9. The van der Waals surface area contributed by atoms with E-state index >= 15 is 0 Å². The molecular weight excluding hydrogens is 378 g/mol. The highest BCUT2D eigenvalue weighted by molar-refractivity contribution is 5.96. The van der Waals surface area contributed by atoms with Crippen molar-refractivity contribution < 1.29 is 19.4 Å². The number of benzene rings is 3. The second kappa shape index (κ2) is 10.1. The Bertz CT molecular complexity index is 976. The molecule has 0 aliphatic heterocycles. The smallest absolute Gasteiger partial charge is 0.419 e. The number of para-hydroxylation sites is 2. The maximum atomic E-state index is 12.8. The fourth-order valence-electron chi connectivity index (χ4n) is 2.96. The number of ether oxygens (including phenoxy) is 1. The SMILES string of the molecule is CC(C(=O)O)c1cccc(/C=C\COC(=O)N(c2ccccc2)c2ccccc2)c1. The molecule has 0 saturated heterocycles. The number of carboxylic acid groups (broad SMARTS) is 1. The number of nitrogens with zero attached hydrogens (tertiary/aromatic N) is 1. The number of hydrogen-bond donors (Lipinski definition) is 1. The zero-order chi connectivity index (χ0) is 21.3. The highest BCUT2D eigenvalue weighted by Crippen LogP contribution is 2.25. The van der Waals surface area contributed by atoms with E-state index in [0.29, 0.717) is 11.4 Å².